The average Bonchev–Trinajstić information content (AvgIpc) is 3.22. The first-order valence-corrected chi connectivity index (χ1v) is 20.8. The van der Waals surface area contributed by atoms with E-state index in [0.29, 0.717) is 33.3 Å². The number of aromatic nitrogens is 3. The first kappa shape index (κ1) is 40.3. The quantitative estimate of drug-likeness (QED) is 0.220. The van der Waals surface area contributed by atoms with Crippen molar-refractivity contribution in [3.8, 4) is 11.8 Å². The lowest BCUT2D eigenvalue weighted by atomic mass is 9.49. The van der Waals surface area contributed by atoms with E-state index in [1.165, 1.54) is 4.68 Å². The van der Waals surface area contributed by atoms with Crippen LogP contribution in [0.5, 0.6) is 5.75 Å². The van der Waals surface area contributed by atoms with Crippen molar-refractivity contribution in [3.63, 3.8) is 0 Å². The molecule has 1 aliphatic carbocycles. The molecular formula is C44H50ClN9O5. The van der Waals surface area contributed by atoms with Crippen molar-refractivity contribution in [2.45, 2.75) is 71.6 Å². The summed E-state index contributed by atoms with van der Waals surface area (Å²) in [4.78, 5) is 62.5. The van der Waals surface area contributed by atoms with E-state index in [1.807, 2.05) is 36.5 Å². The molecule has 0 unspecified atom stereocenters. The van der Waals surface area contributed by atoms with E-state index in [4.69, 9.17) is 16.3 Å². The standard InChI is InChI=1S/C44H50ClN9O5/c1-43(2)41(44(3,4)42(43)59-32-8-5-28(23-46)34(45)22-32)50-38(56)35-10-7-31(25-47-35)52-15-13-27(14-16-52)26-51-17-19-53(20-18-51)30-6-9-33-29(21-30)24-48-54(40(33)58)36-11-12-37(55)49-39(36)57/h5-10,21-22,24-25,27,36,41-42H,11-20,26H2,1-4H3,(H,50,56)(H,49,55,57)/t36-,41-,42-/m0/s1. The maximum Gasteiger partial charge on any atom is 0.275 e. The van der Waals surface area contributed by atoms with Crippen molar-refractivity contribution in [1.29, 1.82) is 5.26 Å². The highest BCUT2D eigenvalue weighted by Crippen LogP contribution is 2.55. The molecule has 14 nitrogen and oxygen atoms in total. The number of amides is 3. The van der Waals surface area contributed by atoms with Gasteiger partial charge < -0.3 is 19.9 Å². The van der Waals surface area contributed by atoms with Crippen LogP contribution < -0.4 is 30.7 Å². The van der Waals surface area contributed by atoms with Crippen molar-refractivity contribution in [2.75, 3.05) is 55.6 Å². The third-order valence-electron chi connectivity index (χ3n) is 12.9. The van der Waals surface area contributed by atoms with Gasteiger partial charge in [0.1, 0.15) is 29.7 Å². The van der Waals surface area contributed by atoms with Gasteiger partial charge in [-0.05, 0) is 67.6 Å². The Balaban J connectivity index is 0.792. The number of benzene rings is 2. The molecule has 0 bridgehead atoms. The normalized spacial score (nSPS) is 23.3. The number of pyridine rings is 1. The van der Waals surface area contributed by atoms with Crippen molar-refractivity contribution in [2.24, 2.45) is 16.7 Å². The molecule has 4 aromatic rings. The summed E-state index contributed by atoms with van der Waals surface area (Å²) in [5, 5.41) is 20.6. The fraction of sp³-hybridized carbons (Fsp3) is 0.477. The number of nitrogens with one attached hydrogen (secondary N) is 2. The highest BCUT2D eigenvalue weighted by atomic mass is 35.5. The van der Waals surface area contributed by atoms with Gasteiger partial charge in [0.2, 0.25) is 5.91 Å². The first-order chi connectivity index (χ1) is 28.2. The molecule has 8 rings (SSSR count). The van der Waals surface area contributed by atoms with E-state index < -0.39 is 11.9 Å². The lowest BCUT2D eigenvalue weighted by Gasteiger charge is -2.63. The molecule has 0 spiro atoms. The average molecular weight is 820 g/mol. The summed E-state index contributed by atoms with van der Waals surface area (Å²) < 4.78 is 7.57. The van der Waals surface area contributed by atoms with Gasteiger partial charge in [0.25, 0.3) is 17.4 Å². The number of piperidine rings is 2. The monoisotopic (exact) mass is 819 g/mol. The Hall–Kier alpha value is -5.52. The number of carbonyl (C=O) groups is 3. The minimum absolute atomic E-state index is 0.155. The van der Waals surface area contributed by atoms with Crippen molar-refractivity contribution in [1.82, 2.24) is 30.3 Å². The molecule has 3 amide bonds. The summed E-state index contributed by atoms with van der Waals surface area (Å²) in [7, 11) is 0. The Morgan fingerprint density at radius 1 is 0.915 bits per heavy atom. The predicted molar refractivity (Wildman–Crippen MR) is 225 cm³/mol. The van der Waals surface area contributed by atoms with Gasteiger partial charge in [-0.1, -0.05) is 39.3 Å². The minimum Gasteiger partial charge on any atom is -0.489 e. The number of hydrogen-bond acceptors (Lipinski definition) is 11. The Kier molecular flexibility index (Phi) is 10.9. The van der Waals surface area contributed by atoms with Crippen LogP contribution in [-0.2, 0) is 9.59 Å². The third-order valence-corrected chi connectivity index (χ3v) is 13.3. The van der Waals surface area contributed by atoms with Gasteiger partial charge in [0, 0.05) is 86.2 Å². The van der Waals surface area contributed by atoms with E-state index in [-0.39, 0.29) is 53.2 Å². The SMILES string of the molecule is CC1(C)[C@H](NC(=O)c2ccc(N3CCC(CN4CCN(c5ccc6c(=O)n([C@H]7CCC(=O)NC7=O)ncc6c5)CC4)CC3)cn2)C(C)(C)[C@H]1Oc1ccc(C#N)c(Cl)c1. The number of fused-ring (bicyclic) bond motifs is 1. The molecule has 4 fully saturated rings. The van der Waals surface area contributed by atoms with E-state index in [0.717, 1.165) is 75.4 Å². The molecule has 15 heteroatoms. The summed E-state index contributed by atoms with van der Waals surface area (Å²) in [6.07, 6.45) is 5.86. The number of ether oxygens (including phenoxy) is 1. The summed E-state index contributed by atoms with van der Waals surface area (Å²) in [6, 6.07) is 15.8. The lowest BCUT2D eigenvalue weighted by molar-refractivity contribution is -0.164. The summed E-state index contributed by atoms with van der Waals surface area (Å²) in [5.74, 6) is 0.163. The van der Waals surface area contributed by atoms with E-state index in [9.17, 15) is 24.4 Å². The molecule has 3 saturated heterocycles. The zero-order valence-corrected chi connectivity index (χ0v) is 34.7. The van der Waals surface area contributed by atoms with Crippen LogP contribution in [0.2, 0.25) is 5.02 Å². The molecule has 0 radical (unpaired) electrons. The highest BCUT2D eigenvalue weighted by Gasteiger charge is 2.64. The molecule has 59 heavy (non-hydrogen) atoms. The molecule has 1 saturated carbocycles. The molecular weight excluding hydrogens is 770 g/mol. The van der Waals surface area contributed by atoms with Gasteiger partial charge in [0.15, 0.2) is 0 Å². The van der Waals surface area contributed by atoms with Crippen LogP contribution in [0.3, 0.4) is 0 Å². The largest absolute Gasteiger partial charge is 0.489 e. The second-order valence-corrected chi connectivity index (χ2v) is 18.0. The smallest absolute Gasteiger partial charge is 0.275 e. The number of piperazine rings is 1. The topological polar surface area (TPSA) is 166 Å². The Bertz CT molecular complexity index is 2360. The van der Waals surface area contributed by atoms with Crippen LogP contribution in [0.15, 0.2) is 65.7 Å². The molecule has 5 heterocycles. The number of nitriles is 1. The molecule has 1 atom stereocenters. The zero-order chi connectivity index (χ0) is 41.6. The lowest BCUT2D eigenvalue weighted by Crippen LogP contribution is -2.74. The second kappa shape index (κ2) is 15.9. The molecule has 308 valence electrons. The van der Waals surface area contributed by atoms with Crippen LogP contribution in [-0.4, -0.2) is 95.3 Å². The second-order valence-electron chi connectivity index (χ2n) is 17.6. The van der Waals surface area contributed by atoms with Crippen molar-refractivity contribution in [3.05, 3.63) is 87.6 Å². The summed E-state index contributed by atoms with van der Waals surface area (Å²) in [6.45, 7) is 14.9. The Labute approximate surface area is 348 Å². The predicted octanol–water partition coefficient (Wildman–Crippen LogP) is 4.94. The molecule has 2 N–H and O–H groups in total. The molecule has 3 aliphatic heterocycles. The van der Waals surface area contributed by atoms with Gasteiger partial charge in [-0.2, -0.15) is 10.4 Å². The number of halogens is 1. The van der Waals surface area contributed by atoms with Crippen LogP contribution in [0.4, 0.5) is 11.4 Å². The van der Waals surface area contributed by atoms with Crippen molar-refractivity contribution < 1.29 is 19.1 Å². The molecule has 4 aliphatic rings. The third kappa shape index (κ3) is 7.85. The van der Waals surface area contributed by atoms with Crippen LogP contribution in [0, 0.1) is 28.1 Å². The van der Waals surface area contributed by atoms with E-state index in [2.05, 4.69) is 69.2 Å². The first-order valence-electron chi connectivity index (χ1n) is 20.4. The summed E-state index contributed by atoms with van der Waals surface area (Å²) in [5.41, 5.74) is 1.77. The fourth-order valence-corrected chi connectivity index (χ4v) is 10.1. The Morgan fingerprint density at radius 2 is 1.63 bits per heavy atom. The fourth-order valence-electron chi connectivity index (χ4n) is 9.92. The van der Waals surface area contributed by atoms with Gasteiger partial charge in [-0.25, -0.2) is 9.67 Å². The van der Waals surface area contributed by atoms with Gasteiger partial charge in [-0.15, -0.1) is 0 Å². The van der Waals surface area contributed by atoms with Crippen LogP contribution in [0.1, 0.15) is 75.5 Å². The number of hydrogen-bond donors (Lipinski definition) is 2. The molecule has 2 aromatic heterocycles. The minimum atomic E-state index is -0.784. The van der Waals surface area contributed by atoms with E-state index >= 15 is 0 Å². The van der Waals surface area contributed by atoms with Crippen LogP contribution in [0.25, 0.3) is 10.8 Å². The van der Waals surface area contributed by atoms with Crippen LogP contribution >= 0.6 is 11.6 Å². The van der Waals surface area contributed by atoms with Gasteiger partial charge in [0.05, 0.1) is 34.1 Å². The summed E-state index contributed by atoms with van der Waals surface area (Å²) >= 11 is 6.25. The maximum absolute atomic E-state index is 13.4. The Morgan fingerprint density at radius 3 is 2.29 bits per heavy atom. The maximum atomic E-state index is 13.4. The molecule has 2 aromatic carbocycles. The van der Waals surface area contributed by atoms with E-state index in [1.54, 1.807) is 24.4 Å². The number of imide groups is 1. The number of carbonyl (C=O) groups excluding carboxylic acids is 3. The van der Waals surface area contributed by atoms with Gasteiger partial charge >= 0.3 is 0 Å². The number of anilines is 2. The number of rotatable bonds is 9. The zero-order valence-electron chi connectivity index (χ0n) is 33.9. The number of nitrogens with zero attached hydrogens (tertiary/aromatic N) is 7. The highest BCUT2D eigenvalue weighted by molar-refractivity contribution is 6.31. The van der Waals surface area contributed by atoms with Gasteiger partial charge in [-0.3, -0.25) is 29.4 Å². The van der Waals surface area contributed by atoms with Crippen molar-refractivity contribution >= 4 is 51.5 Å².